The smallest absolute Gasteiger partial charge is 0.0462 e. The van der Waals surface area contributed by atoms with E-state index in [1.807, 2.05) is 0 Å². The van der Waals surface area contributed by atoms with Crippen LogP contribution < -0.4 is 14.7 Å². The molecule has 0 amide bonds. The van der Waals surface area contributed by atoms with Crippen LogP contribution in [-0.4, -0.2) is 0 Å². The summed E-state index contributed by atoms with van der Waals surface area (Å²) in [6.07, 6.45) is 0. The highest BCUT2D eigenvalue weighted by Crippen LogP contribution is 2.44. The van der Waals surface area contributed by atoms with E-state index in [-0.39, 0.29) is 0 Å². The van der Waals surface area contributed by atoms with Gasteiger partial charge in [0.05, 0.1) is 0 Å². The van der Waals surface area contributed by atoms with E-state index in [0.29, 0.717) is 0 Å². The number of rotatable bonds is 18. The molecule has 0 fully saturated rings. The molecule has 3 nitrogen and oxygen atoms in total. The molecule has 636 valence electrons. The standard InChI is InChI=1S/C50H35N.C44H31N.C38H27N/c1-2-12-48(13-3-1)51(49-30-26-40(27-31-49)38-14-18-42(19-15-38)46-24-22-36-8-4-6-10-44(36)34-46)50-32-28-41(29-33-50)39-16-20-43(21-17-39)47-25-23-37-9-5-7-11-45(37)35-47;1-2-12-42(13-3-1)45(44-28-24-37(25-29-44)41-21-19-33-9-5-7-11-39(33)31-41)43-26-22-35(23-27-43)34-14-16-36(17-15-34)40-20-18-32-8-4-6-10-38(32)30-40;1-2-12-36(13-3-1)39(37-22-18-30(19-23-37)34-16-14-28-8-4-6-10-32(28)26-34)38-24-20-31(21-25-38)35-17-15-29-9-5-7-11-33(29)27-35/h1-35H;1-31H;1-27H. The van der Waals surface area contributed by atoms with Crippen molar-refractivity contribution in [1.29, 1.82) is 0 Å². The van der Waals surface area contributed by atoms with E-state index in [9.17, 15) is 0 Å². The lowest BCUT2D eigenvalue weighted by atomic mass is 9.98. The molecule has 0 aliphatic heterocycles. The second-order valence-corrected chi connectivity index (χ2v) is 34.4. The number of hydrogen-bond donors (Lipinski definition) is 0. The highest BCUT2D eigenvalue weighted by molar-refractivity contribution is 5.95. The van der Waals surface area contributed by atoms with Crippen LogP contribution in [0.1, 0.15) is 0 Å². The summed E-state index contributed by atoms with van der Waals surface area (Å²) in [6.45, 7) is 0. The predicted octanol–water partition coefficient (Wildman–Crippen LogP) is 37.4. The van der Waals surface area contributed by atoms with Crippen LogP contribution in [0.3, 0.4) is 0 Å². The molecule has 24 rings (SSSR count). The number of hydrogen-bond acceptors (Lipinski definition) is 3. The van der Waals surface area contributed by atoms with Gasteiger partial charge in [-0.15, -0.1) is 0 Å². The van der Waals surface area contributed by atoms with Gasteiger partial charge in [0.25, 0.3) is 0 Å². The van der Waals surface area contributed by atoms with Gasteiger partial charge in [0.1, 0.15) is 0 Å². The second kappa shape index (κ2) is 38.1. The van der Waals surface area contributed by atoms with E-state index in [1.54, 1.807) is 0 Å². The molecule has 24 aromatic rings. The molecule has 0 heterocycles. The Hall–Kier alpha value is -17.8. The zero-order valence-corrected chi connectivity index (χ0v) is 74.5. The number of anilines is 9. The number of benzene rings is 24. The maximum absolute atomic E-state index is 2.32. The fourth-order valence-corrected chi connectivity index (χ4v) is 18.7. The Bertz CT molecular complexity index is 7960. The van der Waals surface area contributed by atoms with Crippen LogP contribution in [0.15, 0.2) is 564 Å². The van der Waals surface area contributed by atoms with Gasteiger partial charge in [-0.1, -0.05) is 419 Å². The summed E-state index contributed by atoms with van der Waals surface area (Å²) >= 11 is 0. The maximum Gasteiger partial charge on any atom is 0.0462 e. The normalized spacial score (nSPS) is 11.1. The van der Waals surface area contributed by atoms with Gasteiger partial charge < -0.3 is 14.7 Å². The predicted molar refractivity (Wildman–Crippen MR) is 577 cm³/mol. The number of fused-ring (bicyclic) bond motifs is 6. The van der Waals surface area contributed by atoms with Crippen LogP contribution in [0.2, 0.25) is 0 Å². The first-order valence-corrected chi connectivity index (χ1v) is 46.3. The summed E-state index contributed by atoms with van der Waals surface area (Å²) in [7, 11) is 0. The van der Waals surface area contributed by atoms with Crippen molar-refractivity contribution in [1.82, 2.24) is 0 Å². The van der Waals surface area contributed by atoms with Crippen LogP contribution in [-0.2, 0) is 0 Å². The molecule has 0 bridgehead atoms. The minimum atomic E-state index is 1.12. The second-order valence-electron chi connectivity index (χ2n) is 34.4. The molecule has 0 aliphatic carbocycles. The minimum Gasteiger partial charge on any atom is -0.311 e. The lowest BCUT2D eigenvalue weighted by Gasteiger charge is -2.26. The van der Waals surface area contributed by atoms with E-state index in [1.165, 1.54) is 165 Å². The van der Waals surface area contributed by atoms with Crippen molar-refractivity contribution in [3.8, 4) is 100 Å². The summed E-state index contributed by atoms with van der Waals surface area (Å²) < 4.78 is 0. The Morgan fingerprint density at radius 1 is 0.0741 bits per heavy atom. The zero-order valence-electron chi connectivity index (χ0n) is 74.5. The molecular formula is C132H93N3. The fraction of sp³-hybridized carbons (Fsp3) is 0. The fourth-order valence-electron chi connectivity index (χ4n) is 18.7. The first-order chi connectivity index (χ1) is 66.8. The first-order valence-electron chi connectivity index (χ1n) is 46.3. The Morgan fingerprint density at radius 2 is 0.178 bits per heavy atom. The van der Waals surface area contributed by atoms with Gasteiger partial charge in [-0.2, -0.15) is 0 Å². The van der Waals surface area contributed by atoms with Gasteiger partial charge in [-0.05, 0) is 310 Å². The molecule has 0 saturated heterocycles. The topological polar surface area (TPSA) is 9.72 Å². The van der Waals surface area contributed by atoms with E-state index in [0.717, 1.165) is 51.2 Å². The highest BCUT2D eigenvalue weighted by atomic mass is 15.2. The molecule has 0 spiro atoms. The third kappa shape index (κ3) is 18.3. The molecule has 0 atom stereocenters. The Balaban J connectivity index is 0.000000119. The number of nitrogens with zero attached hydrogens (tertiary/aromatic N) is 3. The third-order valence-corrected chi connectivity index (χ3v) is 25.9. The summed E-state index contributed by atoms with van der Waals surface area (Å²) in [5.41, 5.74) is 32.0. The number of para-hydroxylation sites is 3. The molecule has 24 aromatic carbocycles. The summed E-state index contributed by atoms with van der Waals surface area (Å²) in [6, 6.07) is 203. The van der Waals surface area contributed by atoms with Crippen molar-refractivity contribution in [2.45, 2.75) is 0 Å². The van der Waals surface area contributed by atoms with Crippen LogP contribution >= 0.6 is 0 Å². The molecule has 0 radical (unpaired) electrons. The van der Waals surface area contributed by atoms with Crippen molar-refractivity contribution in [3.63, 3.8) is 0 Å². The molecule has 0 aromatic heterocycles. The molecule has 135 heavy (non-hydrogen) atoms. The maximum atomic E-state index is 2.32. The van der Waals surface area contributed by atoms with Gasteiger partial charge >= 0.3 is 0 Å². The van der Waals surface area contributed by atoms with Gasteiger partial charge in [0.15, 0.2) is 0 Å². The van der Waals surface area contributed by atoms with Gasteiger partial charge in [-0.3, -0.25) is 0 Å². The molecule has 0 saturated carbocycles. The van der Waals surface area contributed by atoms with E-state index < -0.39 is 0 Å². The van der Waals surface area contributed by atoms with Crippen LogP contribution in [0.4, 0.5) is 51.2 Å². The average Bonchev–Trinajstić information content (AvgIpc) is 0.793. The molecule has 0 unspecified atom stereocenters. The van der Waals surface area contributed by atoms with E-state index in [2.05, 4.69) is 579 Å². The molecular weight excluding hydrogens is 1630 g/mol. The minimum absolute atomic E-state index is 1.12. The lowest BCUT2D eigenvalue weighted by molar-refractivity contribution is 1.28. The van der Waals surface area contributed by atoms with Crippen LogP contribution in [0, 0.1) is 0 Å². The Morgan fingerprint density at radius 3 is 0.326 bits per heavy atom. The van der Waals surface area contributed by atoms with Crippen LogP contribution in [0.25, 0.3) is 165 Å². The monoisotopic (exact) mass is 1720 g/mol. The Labute approximate surface area is 789 Å². The third-order valence-electron chi connectivity index (χ3n) is 25.9. The van der Waals surface area contributed by atoms with Crippen molar-refractivity contribution in [2.75, 3.05) is 14.7 Å². The van der Waals surface area contributed by atoms with Gasteiger partial charge in [0.2, 0.25) is 0 Å². The SMILES string of the molecule is c1ccc(N(c2ccc(-c3ccc(-c4ccc5ccccc5c4)cc3)cc2)c2ccc(-c3ccc(-c4ccc5ccccc5c4)cc3)cc2)cc1.c1ccc(N(c2ccc(-c3ccc(-c4ccc5ccccc5c4)cc3)cc2)c2ccc(-c3ccc4ccccc4c3)cc2)cc1.c1ccc(N(c2ccc(-c3ccc4ccccc4c3)cc2)c2ccc(-c3ccc4ccccc4c3)cc2)cc1. The summed E-state index contributed by atoms with van der Waals surface area (Å²) in [5.74, 6) is 0. The lowest BCUT2D eigenvalue weighted by Crippen LogP contribution is -2.09. The summed E-state index contributed by atoms with van der Waals surface area (Å²) in [5, 5.41) is 15.2. The average molecular weight is 1720 g/mol. The van der Waals surface area contributed by atoms with Crippen molar-refractivity contribution in [3.05, 3.63) is 564 Å². The highest BCUT2D eigenvalue weighted by Gasteiger charge is 2.19. The Kier molecular flexibility index (Phi) is 23.4. The van der Waals surface area contributed by atoms with Crippen LogP contribution in [0.5, 0.6) is 0 Å². The molecule has 0 aliphatic rings. The molecule has 0 N–H and O–H groups in total. The van der Waals surface area contributed by atoms with Crippen molar-refractivity contribution in [2.24, 2.45) is 0 Å². The van der Waals surface area contributed by atoms with Crippen molar-refractivity contribution < 1.29 is 0 Å². The van der Waals surface area contributed by atoms with E-state index in [4.69, 9.17) is 0 Å². The summed E-state index contributed by atoms with van der Waals surface area (Å²) in [4.78, 5) is 6.95. The zero-order chi connectivity index (χ0) is 90.0. The largest absolute Gasteiger partial charge is 0.311 e. The van der Waals surface area contributed by atoms with E-state index >= 15 is 0 Å². The van der Waals surface area contributed by atoms with Gasteiger partial charge in [0, 0.05) is 51.2 Å². The van der Waals surface area contributed by atoms with Gasteiger partial charge in [-0.25, -0.2) is 0 Å². The van der Waals surface area contributed by atoms with Crippen molar-refractivity contribution >= 4 is 116 Å². The quantitative estimate of drug-likeness (QED) is 0.0848. The first kappa shape index (κ1) is 82.9. The molecule has 3 heteroatoms.